The third-order valence-electron chi connectivity index (χ3n) is 3.13. The van der Waals surface area contributed by atoms with E-state index in [-0.39, 0.29) is 24.3 Å². The van der Waals surface area contributed by atoms with Crippen LogP contribution in [0.1, 0.15) is 6.42 Å². The normalized spacial score (nSPS) is 21.1. The number of carboxylic acid groups (broad SMARTS) is 1. The number of anilines is 1. The maximum atomic E-state index is 12.0. The van der Waals surface area contributed by atoms with Crippen LogP contribution in [-0.4, -0.2) is 50.7 Å². The zero-order valence-electron chi connectivity index (χ0n) is 10.8. The maximum absolute atomic E-state index is 12.0. The first kappa shape index (κ1) is 14.7. The molecule has 0 saturated carbocycles. The number of nitrogens with zero attached hydrogens (tertiary/aromatic N) is 2. The van der Waals surface area contributed by atoms with Gasteiger partial charge in [0.05, 0.1) is 11.0 Å². The van der Waals surface area contributed by atoms with Crippen molar-refractivity contribution in [3.63, 3.8) is 0 Å². The highest BCUT2D eigenvalue weighted by Crippen LogP contribution is 2.21. The van der Waals surface area contributed by atoms with Crippen molar-refractivity contribution in [1.82, 2.24) is 4.90 Å². The van der Waals surface area contributed by atoms with Crippen LogP contribution in [0, 0.1) is 10.1 Å². The van der Waals surface area contributed by atoms with E-state index in [4.69, 9.17) is 5.11 Å². The second kappa shape index (κ2) is 5.75. The number of nitro groups is 1. The number of aliphatic hydroxyl groups excluding tert-OH is 1. The second-order valence-corrected chi connectivity index (χ2v) is 4.63. The number of non-ortho nitro benzene ring substituents is 1. The lowest BCUT2D eigenvalue weighted by Crippen LogP contribution is -2.43. The number of likely N-dealkylation sites (tertiary alicyclic amines) is 1. The highest BCUT2D eigenvalue weighted by molar-refractivity contribution is 5.93. The van der Waals surface area contributed by atoms with E-state index in [1.54, 1.807) is 0 Å². The first-order valence-electron chi connectivity index (χ1n) is 6.11. The highest BCUT2D eigenvalue weighted by Gasteiger charge is 2.39. The Morgan fingerprint density at radius 3 is 2.76 bits per heavy atom. The summed E-state index contributed by atoms with van der Waals surface area (Å²) in [6.07, 6.45) is -0.945. The summed E-state index contributed by atoms with van der Waals surface area (Å²) in [5.74, 6) is -1.21. The minimum Gasteiger partial charge on any atom is -0.480 e. The SMILES string of the molecule is O=C(O)[C@@H]1CC(O)CN1C(=O)Nc1cccc([N+](=O)[O-])c1. The van der Waals surface area contributed by atoms with Gasteiger partial charge in [-0.2, -0.15) is 0 Å². The Hall–Kier alpha value is -2.68. The fraction of sp³-hybridized carbons (Fsp3) is 0.333. The number of nitro benzene ring substituents is 1. The second-order valence-electron chi connectivity index (χ2n) is 4.63. The number of carbonyl (C=O) groups excluding carboxylic acids is 1. The number of nitrogens with one attached hydrogen (secondary N) is 1. The molecule has 21 heavy (non-hydrogen) atoms. The first-order valence-corrected chi connectivity index (χ1v) is 6.11. The van der Waals surface area contributed by atoms with Crippen molar-refractivity contribution in [2.45, 2.75) is 18.6 Å². The van der Waals surface area contributed by atoms with Crippen LogP contribution in [0.15, 0.2) is 24.3 Å². The number of aliphatic hydroxyl groups is 1. The Labute approximate surface area is 118 Å². The van der Waals surface area contributed by atoms with Gasteiger partial charge in [0.25, 0.3) is 5.69 Å². The topological polar surface area (TPSA) is 133 Å². The highest BCUT2D eigenvalue weighted by atomic mass is 16.6. The Balaban J connectivity index is 2.12. The van der Waals surface area contributed by atoms with Crippen molar-refractivity contribution in [1.29, 1.82) is 0 Å². The lowest BCUT2D eigenvalue weighted by Gasteiger charge is -2.21. The van der Waals surface area contributed by atoms with Crippen molar-refractivity contribution in [3.05, 3.63) is 34.4 Å². The molecule has 112 valence electrons. The monoisotopic (exact) mass is 295 g/mol. The molecule has 1 heterocycles. The number of aliphatic carboxylic acids is 1. The van der Waals surface area contributed by atoms with E-state index >= 15 is 0 Å². The van der Waals surface area contributed by atoms with Gasteiger partial charge in [0.1, 0.15) is 6.04 Å². The average Bonchev–Trinajstić information content (AvgIpc) is 2.81. The van der Waals surface area contributed by atoms with E-state index < -0.39 is 29.1 Å². The van der Waals surface area contributed by atoms with Crippen LogP contribution in [0.4, 0.5) is 16.2 Å². The van der Waals surface area contributed by atoms with Gasteiger partial charge in [-0.1, -0.05) is 6.07 Å². The average molecular weight is 295 g/mol. The quantitative estimate of drug-likeness (QED) is 0.553. The van der Waals surface area contributed by atoms with Crippen molar-refractivity contribution < 1.29 is 24.7 Å². The molecule has 2 atom stereocenters. The summed E-state index contributed by atoms with van der Waals surface area (Å²) in [5, 5.41) is 31.5. The number of amides is 2. The third kappa shape index (κ3) is 3.26. The van der Waals surface area contributed by atoms with E-state index in [9.17, 15) is 24.8 Å². The first-order chi connectivity index (χ1) is 9.88. The molecule has 0 bridgehead atoms. The van der Waals surface area contributed by atoms with E-state index in [1.165, 1.54) is 24.3 Å². The zero-order chi connectivity index (χ0) is 15.6. The number of β-amino-alcohol motifs (C(OH)–C–C–N with tert-alkyl or cyclic N) is 1. The Morgan fingerprint density at radius 1 is 1.43 bits per heavy atom. The summed E-state index contributed by atoms with van der Waals surface area (Å²) in [7, 11) is 0. The third-order valence-corrected chi connectivity index (χ3v) is 3.13. The van der Waals surface area contributed by atoms with E-state index in [1.807, 2.05) is 0 Å². The molecule has 2 amide bonds. The molecule has 2 rings (SSSR count). The largest absolute Gasteiger partial charge is 0.480 e. The van der Waals surface area contributed by atoms with Gasteiger partial charge < -0.3 is 20.4 Å². The molecule has 1 aliphatic heterocycles. The number of carbonyl (C=O) groups is 2. The molecule has 0 spiro atoms. The summed E-state index contributed by atoms with van der Waals surface area (Å²) in [6, 6.07) is 3.46. The van der Waals surface area contributed by atoms with Gasteiger partial charge in [0, 0.05) is 30.8 Å². The van der Waals surface area contributed by atoms with Gasteiger partial charge in [-0.3, -0.25) is 10.1 Å². The minimum atomic E-state index is -1.21. The molecule has 0 aromatic heterocycles. The van der Waals surface area contributed by atoms with Crippen molar-refractivity contribution in [3.8, 4) is 0 Å². The van der Waals surface area contributed by atoms with Crippen LogP contribution >= 0.6 is 0 Å². The van der Waals surface area contributed by atoms with E-state index in [2.05, 4.69) is 5.32 Å². The molecule has 1 aromatic rings. The molecule has 1 saturated heterocycles. The number of carboxylic acids is 1. The van der Waals surface area contributed by atoms with Crippen LogP contribution in [0.25, 0.3) is 0 Å². The molecular weight excluding hydrogens is 282 g/mol. The summed E-state index contributed by atoms with van der Waals surface area (Å²) in [6.45, 7) is -0.0995. The van der Waals surface area contributed by atoms with Crippen LogP contribution in [0.2, 0.25) is 0 Å². The molecule has 0 aliphatic carbocycles. The van der Waals surface area contributed by atoms with Gasteiger partial charge in [0.2, 0.25) is 0 Å². The number of urea groups is 1. The van der Waals surface area contributed by atoms with Crippen LogP contribution in [-0.2, 0) is 4.79 Å². The van der Waals surface area contributed by atoms with Crippen molar-refractivity contribution >= 4 is 23.4 Å². The number of hydrogen-bond donors (Lipinski definition) is 3. The molecular formula is C12H13N3O6. The molecule has 1 aromatic carbocycles. The summed E-state index contributed by atoms with van der Waals surface area (Å²) >= 11 is 0. The van der Waals surface area contributed by atoms with E-state index in [0.29, 0.717) is 0 Å². The van der Waals surface area contributed by atoms with Gasteiger partial charge in [0.15, 0.2) is 0 Å². The molecule has 9 nitrogen and oxygen atoms in total. The number of rotatable bonds is 3. The maximum Gasteiger partial charge on any atom is 0.326 e. The summed E-state index contributed by atoms with van der Waals surface area (Å²) in [5.41, 5.74) is -0.0104. The number of hydrogen-bond acceptors (Lipinski definition) is 5. The van der Waals surface area contributed by atoms with Gasteiger partial charge >= 0.3 is 12.0 Å². The van der Waals surface area contributed by atoms with Gasteiger partial charge in [-0.15, -0.1) is 0 Å². The standard InChI is InChI=1S/C12H13N3O6/c16-9-5-10(11(17)18)14(6-9)12(19)13-7-2-1-3-8(4-7)15(20)21/h1-4,9-10,16H,5-6H2,(H,13,19)(H,17,18)/t9?,10-/m0/s1. The molecule has 1 aliphatic rings. The number of benzene rings is 1. The Kier molecular flexibility index (Phi) is 4.03. The van der Waals surface area contributed by atoms with Crippen LogP contribution in [0.3, 0.4) is 0 Å². The minimum absolute atomic E-state index is 0.0440. The van der Waals surface area contributed by atoms with Gasteiger partial charge in [-0.25, -0.2) is 9.59 Å². The molecule has 1 fully saturated rings. The molecule has 1 unspecified atom stereocenters. The summed E-state index contributed by atoms with van der Waals surface area (Å²) in [4.78, 5) is 34.1. The lowest BCUT2D eigenvalue weighted by atomic mass is 10.2. The fourth-order valence-corrected chi connectivity index (χ4v) is 2.16. The Bertz CT molecular complexity index is 590. The zero-order valence-corrected chi connectivity index (χ0v) is 10.8. The van der Waals surface area contributed by atoms with Crippen LogP contribution < -0.4 is 5.32 Å². The lowest BCUT2D eigenvalue weighted by molar-refractivity contribution is -0.384. The van der Waals surface area contributed by atoms with E-state index in [0.717, 1.165) is 4.90 Å². The molecule has 9 heteroatoms. The van der Waals surface area contributed by atoms with Gasteiger partial charge in [-0.05, 0) is 6.07 Å². The smallest absolute Gasteiger partial charge is 0.326 e. The molecule has 0 radical (unpaired) electrons. The fourth-order valence-electron chi connectivity index (χ4n) is 2.16. The van der Waals surface area contributed by atoms with Crippen molar-refractivity contribution in [2.75, 3.05) is 11.9 Å². The predicted octanol–water partition coefficient (Wildman–Crippen LogP) is 0.646. The van der Waals surface area contributed by atoms with Crippen molar-refractivity contribution in [2.24, 2.45) is 0 Å². The van der Waals surface area contributed by atoms with Crippen LogP contribution in [0.5, 0.6) is 0 Å². The molecule has 3 N–H and O–H groups in total. The Morgan fingerprint density at radius 2 is 2.14 bits per heavy atom. The predicted molar refractivity (Wildman–Crippen MR) is 70.9 cm³/mol. The summed E-state index contributed by atoms with van der Waals surface area (Å²) < 4.78 is 0.